The van der Waals surface area contributed by atoms with Gasteiger partial charge in [-0.1, -0.05) is 48.5 Å². The molecule has 3 atom stereocenters. The van der Waals surface area contributed by atoms with Gasteiger partial charge in [0.1, 0.15) is 12.6 Å². The molecule has 172 valence electrons. The lowest BCUT2D eigenvalue weighted by atomic mass is 9.98. The van der Waals surface area contributed by atoms with Crippen LogP contribution in [0.4, 0.5) is 4.79 Å². The van der Waals surface area contributed by atoms with Gasteiger partial charge in [-0.25, -0.2) is 4.79 Å². The van der Waals surface area contributed by atoms with Crippen LogP contribution in [0.3, 0.4) is 0 Å². The van der Waals surface area contributed by atoms with E-state index >= 15 is 0 Å². The van der Waals surface area contributed by atoms with Gasteiger partial charge < -0.3 is 20.1 Å². The molecule has 33 heavy (non-hydrogen) atoms. The minimum Gasteiger partial charge on any atom is -0.481 e. The number of amides is 2. The highest BCUT2D eigenvalue weighted by Crippen LogP contribution is 2.45. The number of carboxylic acid groups (broad SMARTS) is 1. The average Bonchev–Trinajstić information content (AvgIpc) is 3.54. The number of hydrogen-bond acceptors (Lipinski definition) is 4. The Morgan fingerprint density at radius 3 is 2.33 bits per heavy atom. The molecule has 0 aromatic heterocycles. The van der Waals surface area contributed by atoms with Gasteiger partial charge in [0.25, 0.3) is 0 Å². The van der Waals surface area contributed by atoms with E-state index in [1.54, 1.807) is 4.90 Å². The van der Waals surface area contributed by atoms with E-state index in [9.17, 15) is 14.4 Å². The topological polar surface area (TPSA) is 95.9 Å². The van der Waals surface area contributed by atoms with Gasteiger partial charge in [0.05, 0.1) is 0 Å². The highest BCUT2D eigenvalue weighted by molar-refractivity contribution is 5.86. The molecule has 0 bridgehead atoms. The van der Waals surface area contributed by atoms with E-state index in [1.807, 2.05) is 36.4 Å². The summed E-state index contributed by atoms with van der Waals surface area (Å²) in [6.45, 7) is 1.50. The number of carbonyl (C=O) groups is 3. The van der Waals surface area contributed by atoms with Crippen molar-refractivity contribution in [2.75, 3.05) is 19.7 Å². The van der Waals surface area contributed by atoms with Gasteiger partial charge >= 0.3 is 12.1 Å². The van der Waals surface area contributed by atoms with E-state index in [4.69, 9.17) is 9.84 Å². The first-order valence-electron chi connectivity index (χ1n) is 11.6. The zero-order valence-corrected chi connectivity index (χ0v) is 18.4. The molecule has 1 saturated carbocycles. The normalized spacial score (nSPS) is 21.4. The number of hydrogen-bond donors (Lipinski definition) is 2. The maximum absolute atomic E-state index is 13.1. The van der Waals surface area contributed by atoms with Crippen LogP contribution >= 0.6 is 0 Å². The number of alkyl carbamates (subject to hydrolysis) is 1. The summed E-state index contributed by atoms with van der Waals surface area (Å²) >= 11 is 0. The first-order valence-corrected chi connectivity index (χ1v) is 11.6. The second-order valence-electron chi connectivity index (χ2n) is 9.28. The predicted octanol–water partition coefficient (Wildman–Crippen LogP) is 3.63. The molecular weight excluding hydrogens is 420 g/mol. The molecule has 0 radical (unpaired) electrons. The lowest BCUT2D eigenvalue weighted by Gasteiger charge is -2.30. The highest BCUT2D eigenvalue weighted by atomic mass is 16.5. The molecule has 1 heterocycles. The quantitative estimate of drug-likeness (QED) is 0.674. The summed E-state index contributed by atoms with van der Waals surface area (Å²) in [6, 6.07) is 15.3. The SMILES string of the molecule is O=C(O)CCC(NC(=O)OCC1c2ccccc2-c2ccccc21)C(=O)N1CCC2CC2C1. The molecule has 3 unspecified atom stereocenters. The summed E-state index contributed by atoms with van der Waals surface area (Å²) in [5.41, 5.74) is 4.50. The zero-order valence-electron chi connectivity index (χ0n) is 18.4. The van der Waals surface area contributed by atoms with Crippen LogP contribution in [0, 0.1) is 11.8 Å². The third kappa shape index (κ3) is 4.45. The maximum Gasteiger partial charge on any atom is 0.407 e. The number of benzene rings is 2. The fraction of sp³-hybridized carbons (Fsp3) is 0.423. The standard InChI is InChI=1S/C26H28N2O5/c29-24(30)10-9-23(25(31)28-12-11-16-13-17(16)14-28)27-26(32)33-15-22-20-7-3-1-5-18(20)19-6-2-4-8-21(19)22/h1-8,16-17,22-23H,9-15H2,(H,27,32)(H,29,30). The maximum atomic E-state index is 13.1. The molecule has 2 N–H and O–H groups in total. The van der Waals surface area contributed by atoms with Crippen molar-refractivity contribution in [2.45, 2.75) is 37.6 Å². The van der Waals surface area contributed by atoms with Crippen LogP contribution in [0.15, 0.2) is 48.5 Å². The number of piperidine rings is 1. The van der Waals surface area contributed by atoms with Crippen LogP contribution < -0.4 is 5.32 Å². The van der Waals surface area contributed by atoms with Crippen molar-refractivity contribution in [2.24, 2.45) is 11.8 Å². The van der Waals surface area contributed by atoms with Gasteiger partial charge in [-0.05, 0) is 53.4 Å². The molecule has 2 aromatic carbocycles. The molecular formula is C26H28N2O5. The van der Waals surface area contributed by atoms with Crippen LogP contribution in [-0.2, 0) is 14.3 Å². The first kappa shape index (κ1) is 21.5. The predicted molar refractivity (Wildman–Crippen MR) is 122 cm³/mol. The molecule has 5 rings (SSSR count). The number of carbonyl (C=O) groups excluding carboxylic acids is 2. The Bertz CT molecular complexity index is 1040. The van der Waals surface area contributed by atoms with Crippen molar-refractivity contribution >= 4 is 18.0 Å². The number of ether oxygens (including phenoxy) is 1. The summed E-state index contributed by atoms with van der Waals surface area (Å²) in [5, 5.41) is 11.8. The Labute approximate surface area is 192 Å². The summed E-state index contributed by atoms with van der Waals surface area (Å²) in [5.74, 6) is -0.0118. The summed E-state index contributed by atoms with van der Waals surface area (Å²) in [7, 11) is 0. The Kier molecular flexibility index (Phi) is 5.79. The number of likely N-dealkylation sites (tertiary alicyclic amines) is 1. The van der Waals surface area contributed by atoms with E-state index in [2.05, 4.69) is 17.4 Å². The lowest BCUT2D eigenvalue weighted by molar-refractivity contribution is -0.138. The van der Waals surface area contributed by atoms with Crippen LogP contribution in [0.1, 0.15) is 42.7 Å². The third-order valence-corrected chi connectivity index (χ3v) is 7.19. The molecule has 2 aliphatic carbocycles. The Morgan fingerprint density at radius 2 is 1.70 bits per heavy atom. The Balaban J connectivity index is 1.24. The van der Waals surface area contributed by atoms with Gasteiger partial charge in [0, 0.05) is 25.4 Å². The molecule has 2 amide bonds. The first-order chi connectivity index (χ1) is 16.0. The summed E-state index contributed by atoms with van der Waals surface area (Å²) in [4.78, 5) is 38.6. The monoisotopic (exact) mass is 448 g/mol. The van der Waals surface area contributed by atoms with Crippen LogP contribution in [0.5, 0.6) is 0 Å². The zero-order chi connectivity index (χ0) is 22.9. The molecule has 2 fully saturated rings. The van der Waals surface area contributed by atoms with Crippen LogP contribution in [0.25, 0.3) is 11.1 Å². The fourth-order valence-electron chi connectivity index (χ4n) is 5.31. The number of rotatable bonds is 7. The molecule has 1 aliphatic heterocycles. The van der Waals surface area contributed by atoms with E-state index in [-0.39, 0.29) is 31.3 Å². The summed E-state index contributed by atoms with van der Waals surface area (Å²) in [6.07, 6.45) is 1.29. The number of aliphatic carboxylic acids is 1. The van der Waals surface area contributed by atoms with E-state index in [0.29, 0.717) is 19.0 Å². The summed E-state index contributed by atoms with van der Waals surface area (Å²) < 4.78 is 5.58. The van der Waals surface area contributed by atoms with Gasteiger partial charge in [-0.3, -0.25) is 9.59 Å². The van der Waals surface area contributed by atoms with Crippen molar-refractivity contribution in [3.63, 3.8) is 0 Å². The van der Waals surface area contributed by atoms with Crippen molar-refractivity contribution in [3.8, 4) is 11.1 Å². The number of carboxylic acids is 1. The largest absolute Gasteiger partial charge is 0.481 e. The fourth-order valence-corrected chi connectivity index (χ4v) is 5.31. The molecule has 2 aromatic rings. The smallest absolute Gasteiger partial charge is 0.407 e. The van der Waals surface area contributed by atoms with E-state index < -0.39 is 18.1 Å². The second-order valence-corrected chi connectivity index (χ2v) is 9.28. The minimum atomic E-state index is -0.997. The van der Waals surface area contributed by atoms with Crippen LogP contribution in [-0.4, -0.2) is 53.7 Å². The van der Waals surface area contributed by atoms with Crippen molar-refractivity contribution in [3.05, 3.63) is 59.7 Å². The Morgan fingerprint density at radius 1 is 1.03 bits per heavy atom. The molecule has 3 aliphatic rings. The van der Waals surface area contributed by atoms with Gasteiger partial charge in [0.15, 0.2) is 0 Å². The minimum absolute atomic E-state index is 0.0446. The number of nitrogens with one attached hydrogen (secondary N) is 1. The van der Waals surface area contributed by atoms with E-state index in [0.717, 1.165) is 41.0 Å². The number of fused-ring (bicyclic) bond motifs is 4. The van der Waals surface area contributed by atoms with E-state index in [1.165, 1.54) is 0 Å². The molecule has 7 heteroatoms. The van der Waals surface area contributed by atoms with Crippen molar-refractivity contribution in [1.82, 2.24) is 10.2 Å². The van der Waals surface area contributed by atoms with Crippen molar-refractivity contribution in [1.29, 1.82) is 0 Å². The highest BCUT2D eigenvalue weighted by Gasteiger charge is 2.43. The van der Waals surface area contributed by atoms with Gasteiger partial charge in [-0.2, -0.15) is 0 Å². The number of nitrogens with zero attached hydrogens (tertiary/aromatic N) is 1. The second kappa shape index (κ2) is 8.89. The lowest BCUT2D eigenvalue weighted by Crippen LogP contribution is -2.50. The Hall–Kier alpha value is -3.35. The van der Waals surface area contributed by atoms with Gasteiger partial charge in [-0.15, -0.1) is 0 Å². The molecule has 1 saturated heterocycles. The van der Waals surface area contributed by atoms with Crippen molar-refractivity contribution < 1.29 is 24.2 Å². The molecule has 0 spiro atoms. The van der Waals surface area contributed by atoms with Gasteiger partial charge in [0.2, 0.25) is 5.91 Å². The van der Waals surface area contributed by atoms with Crippen LogP contribution in [0.2, 0.25) is 0 Å². The third-order valence-electron chi connectivity index (χ3n) is 7.19. The average molecular weight is 449 g/mol. The molecule has 7 nitrogen and oxygen atoms in total.